The molecule has 1 atom stereocenters. The molecule has 1 aromatic carbocycles. The second kappa shape index (κ2) is 8.26. The number of aryl methyl sites for hydroxylation is 1. The van der Waals surface area contributed by atoms with Gasteiger partial charge in [-0.2, -0.15) is 18.3 Å². The van der Waals surface area contributed by atoms with Crippen molar-refractivity contribution in [3.63, 3.8) is 0 Å². The van der Waals surface area contributed by atoms with Gasteiger partial charge in [-0.3, -0.25) is 14.5 Å². The summed E-state index contributed by atoms with van der Waals surface area (Å²) in [5, 5.41) is 9.87. The number of halogens is 5. The van der Waals surface area contributed by atoms with Crippen LogP contribution < -0.4 is 10.2 Å². The summed E-state index contributed by atoms with van der Waals surface area (Å²) in [5.74, 6) is -3.89. The highest BCUT2D eigenvalue weighted by Gasteiger charge is 2.38. The summed E-state index contributed by atoms with van der Waals surface area (Å²) >= 11 is 0. The Kier molecular flexibility index (Phi) is 5.59. The SMILES string of the molecule is CN1C(=O)[C@@H](NC(=O)c2ncn(Cc3cccc(F)c3F)n2)CCn2nc(C(F)(F)F)cc21. The van der Waals surface area contributed by atoms with Gasteiger partial charge in [-0.15, -0.1) is 5.10 Å². The lowest BCUT2D eigenvalue weighted by Gasteiger charge is -2.19. The van der Waals surface area contributed by atoms with E-state index >= 15 is 0 Å². The summed E-state index contributed by atoms with van der Waals surface area (Å²) in [6.45, 7) is -0.231. The molecule has 1 N–H and O–H groups in total. The predicted molar refractivity (Wildman–Crippen MR) is 102 cm³/mol. The van der Waals surface area contributed by atoms with Crippen molar-refractivity contribution in [1.82, 2.24) is 29.9 Å². The number of nitrogens with zero attached hydrogens (tertiary/aromatic N) is 6. The first-order chi connectivity index (χ1) is 15.5. The third kappa shape index (κ3) is 4.40. The van der Waals surface area contributed by atoms with Crippen LogP contribution >= 0.6 is 0 Å². The number of fused-ring (bicyclic) bond motifs is 1. The third-order valence-electron chi connectivity index (χ3n) is 5.06. The van der Waals surface area contributed by atoms with Gasteiger partial charge >= 0.3 is 6.18 Å². The number of rotatable bonds is 4. The van der Waals surface area contributed by atoms with E-state index in [1.165, 1.54) is 19.2 Å². The van der Waals surface area contributed by atoms with Gasteiger partial charge in [0.25, 0.3) is 11.8 Å². The number of anilines is 1. The Morgan fingerprint density at radius 2 is 2.00 bits per heavy atom. The van der Waals surface area contributed by atoms with E-state index in [1.807, 2.05) is 0 Å². The lowest BCUT2D eigenvalue weighted by molar-refractivity contribution is -0.141. The van der Waals surface area contributed by atoms with Crippen molar-refractivity contribution in [3.05, 3.63) is 59.3 Å². The molecule has 0 bridgehead atoms. The van der Waals surface area contributed by atoms with Crippen LogP contribution in [0.15, 0.2) is 30.6 Å². The number of benzene rings is 1. The van der Waals surface area contributed by atoms with Gasteiger partial charge in [-0.25, -0.2) is 23.1 Å². The Hall–Kier alpha value is -3.84. The van der Waals surface area contributed by atoms with Crippen LogP contribution in [0, 0.1) is 11.6 Å². The van der Waals surface area contributed by atoms with Gasteiger partial charge in [-0.05, 0) is 12.5 Å². The lowest BCUT2D eigenvalue weighted by atomic mass is 10.2. The van der Waals surface area contributed by atoms with Crippen LogP contribution in [0.2, 0.25) is 0 Å². The summed E-state index contributed by atoms with van der Waals surface area (Å²) in [5.41, 5.74) is -1.12. The number of hydrogen-bond acceptors (Lipinski definition) is 5. The molecule has 2 amide bonds. The summed E-state index contributed by atoms with van der Waals surface area (Å²) in [7, 11) is 1.28. The van der Waals surface area contributed by atoms with Gasteiger partial charge in [0.1, 0.15) is 18.2 Å². The third-order valence-corrected chi connectivity index (χ3v) is 5.06. The van der Waals surface area contributed by atoms with E-state index in [4.69, 9.17) is 0 Å². The Labute approximate surface area is 182 Å². The van der Waals surface area contributed by atoms with Crippen molar-refractivity contribution in [2.24, 2.45) is 0 Å². The molecule has 174 valence electrons. The molecule has 9 nitrogen and oxygen atoms in total. The monoisotopic (exact) mass is 469 g/mol. The van der Waals surface area contributed by atoms with E-state index in [9.17, 15) is 31.5 Å². The van der Waals surface area contributed by atoms with Crippen molar-refractivity contribution >= 4 is 17.6 Å². The Morgan fingerprint density at radius 3 is 2.73 bits per heavy atom. The maximum Gasteiger partial charge on any atom is 0.435 e. The van der Waals surface area contributed by atoms with Crippen LogP contribution in [0.25, 0.3) is 0 Å². The smallest absolute Gasteiger partial charge is 0.337 e. The molecule has 14 heteroatoms. The number of aromatic nitrogens is 5. The van der Waals surface area contributed by atoms with Gasteiger partial charge in [-0.1, -0.05) is 12.1 Å². The maximum absolute atomic E-state index is 13.8. The van der Waals surface area contributed by atoms with E-state index in [0.29, 0.717) is 0 Å². The first kappa shape index (κ1) is 22.4. The van der Waals surface area contributed by atoms with Crippen molar-refractivity contribution in [2.75, 3.05) is 11.9 Å². The van der Waals surface area contributed by atoms with Gasteiger partial charge in [0.15, 0.2) is 17.3 Å². The zero-order valence-corrected chi connectivity index (χ0v) is 17.0. The highest BCUT2D eigenvalue weighted by atomic mass is 19.4. The van der Waals surface area contributed by atoms with Crippen LogP contribution in [0.4, 0.5) is 27.8 Å². The molecule has 3 heterocycles. The molecule has 1 aliphatic rings. The van der Waals surface area contributed by atoms with Crippen LogP contribution in [-0.4, -0.2) is 49.4 Å². The van der Waals surface area contributed by atoms with E-state index in [-0.39, 0.29) is 36.7 Å². The number of alkyl halides is 3. The van der Waals surface area contributed by atoms with Crippen LogP contribution in [-0.2, 0) is 24.1 Å². The maximum atomic E-state index is 13.8. The molecule has 0 saturated carbocycles. The van der Waals surface area contributed by atoms with Crippen LogP contribution in [0.5, 0.6) is 0 Å². The number of carbonyl (C=O) groups is 2. The fourth-order valence-electron chi connectivity index (χ4n) is 3.38. The van der Waals surface area contributed by atoms with E-state index in [0.717, 1.165) is 32.7 Å². The fraction of sp³-hybridized carbons (Fsp3) is 0.316. The zero-order valence-electron chi connectivity index (χ0n) is 17.0. The standard InChI is InChI=1S/C19H16F5N7O2/c1-29-14-7-13(19(22,23)24)27-31(14)6-5-12(18(29)33)26-17(32)16-25-9-30(28-16)8-10-3-2-4-11(20)15(10)21/h2-4,7,9,12H,5-6,8H2,1H3,(H,26,32)/t12-/m0/s1. The molecular formula is C19H16F5N7O2. The lowest BCUT2D eigenvalue weighted by Crippen LogP contribution is -2.47. The molecule has 0 fully saturated rings. The molecule has 3 aromatic rings. The largest absolute Gasteiger partial charge is 0.435 e. The topological polar surface area (TPSA) is 97.9 Å². The van der Waals surface area contributed by atoms with Gasteiger partial charge < -0.3 is 5.32 Å². The van der Waals surface area contributed by atoms with Crippen molar-refractivity contribution in [1.29, 1.82) is 0 Å². The summed E-state index contributed by atoms with van der Waals surface area (Å²) in [6.07, 6.45) is -3.53. The second-order valence-electron chi connectivity index (χ2n) is 7.30. The molecule has 0 aliphatic carbocycles. The Bertz CT molecular complexity index is 1220. The second-order valence-corrected chi connectivity index (χ2v) is 7.30. The van der Waals surface area contributed by atoms with Gasteiger partial charge in [0, 0.05) is 25.2 Å². The number of likely N-dealkylation sites (N-methyl/N-ethyl adjacent to an activating group) is 1. The quantitative estimate of drug-likeness (QED) is 0.590. The molecule has 0 unspecified atom stereocenters. The highest BCUT2D eigenvalue weighted by molar-refractivity contribution is 6.00. The highest BCUT2D eigenvalue weighted by Crippen LogP contribution is 2.32. The van der Waals surface area contributed by atoms with Crippen LogP contribution in [0.3, 0.4) is 0 Å². The van der Waals surface area contributed by atoms with Crippen LogP contribution in [0.1, 0.15) is 28.3 Å². The Balaban J connectivity index is 1.45. The number of nitrogens with one attached hydrogen (secondary N) is 1. The van der Waals surface area contributed by atoms with Gasteiger partial charge in [0.2, 0.25) is 5.82 Å². The fourth-order valence-corrected chi connectivity index (χ4v) is 3.38. The molecule has 0 spiro atoms. The zero-order chi connectivity index (χ0) is 23.9. The molecule has 0 radical (unpaired) electrons. The predicted octanol–water partition coefficient (Wildman–Crippen LogP) is 1.98. The minimum atomic E-state index is -4.66. The molecule has 0 saturated heterocycles. The Morgan fingerprint density at radius 1 is 1.24 bits per heavy atom. The number of amides is 2. The first-order valence-corrected chi connectivity index (χ1v) is 9.60. The first-order valence-electron chi connectivity index (χ1n) is 9.60. The average molecular weight is 469 g/mol. The molecule has 1 aliphatic heterocycles. The number of hydrogen-bond donors (Lipinski definition) is 1. The summed E-state index contributed by atoms with van der Waals surface area (Å²) < 4.78 is 68.1. The van der Waals surface area contributed by atoms with Crippen molar-refractivity contribution in [3.8, 4) is 0 Å². The molecular weight excluding hydrogens is 453 g/mol. The van der Waals surface area contributed by atoms with Crippen molar-refractivity contribution < 1.29 is 31.5 Å². The average Bonchev–Trinajstić information content (AvgIpc) is 3.38. The number of carbonyl (C=O) groups excluding carboxylic acids is 2. The minimum absolute atomic E-state index is 0.0000689. The van der Waals surface area contributed by atoms with Gasteiger partial charge in [0.05, 0.1) is 6.54 Å². The van der Waals surface area contributed by atoms with E-state index < -0.39 is 41.4 Å². The van der Waals surface area contributed by atoms with E-state index in [2.05, 4.69) is 20.5 Å². The summed E-state index contributed by atoms with van der Waals surface area (Å²) in [4.78, 5) is 30.1. The van der Waals surface area contributed by atoms with Crippen molar-refractivity contribution in [2.45, 2.75) is 31.7 Å². The molecule has 33 heavy (non-hydrogen) atoms. The van der Waals surface area contributed by atoms with E-state index in [1.54, 1.807) is 0 Å². The normalized spacial score (nSPS) is 16.5. The summed E-state index contributed by atoms with van der Waals surface area (Å²) in [6, 6.07) is 3.35. The molecule has 4 rings (SSSR count). The molecule has 2 aromatic heterocycles. The minimum Gasteiger partial charge on any atom is -0.337 e.